The van der Waals surface area contributed by atoms with Crippen LogP contribution in [0, 0.1) is 12.3 Å². The van der Waals surface area contributed by atoms with Crippen molar-refractivity contribution >= 4 is 35.0 Å². The maximum absolute atomic E-state index is 14.3. The number of aromatic nitrogens is 1. The summed E-state index contributed by atoms with van der Waals surface area (Å²) in [5.74, 6) is -1.81. The van der Waals surface area contributed by atoms with E-state index in [0.29, 0.717) is 16.9 Å². The van der Waals surface area contributed by atoms with Gasteiger partial charge in [0.1, 0.15) is 24.4 Å². The van der Waals surface area contributed by atoms with Crippen LogP contribution in [0.5, 0.6) is 17.2 Å². The zero-order chi connectivity index (χ0) is 38.0. The fourth-order valence-electron chi connectivity index (χ4n) is 6.87. The Morgan fingerprint density at radius 1 is 1.04 bits per heavy atom. The molecule has 2 aliphatic heterocycles. The van der Waals surface area contributed by atoms with E-state index in [-0.39, 0.29) is 56.4 Å². The molecule has 1 fully saturated rings. The molecule has 0 saturated carbocycles. The Bertz CT molecular complexity index is 2040. The monoisotopic (exact) mass is 741 g/mol. The van der Waals surface area contributed by atoms with Gasteiger partial charge in [-0.3, -0.25) is 19.2 Å². The molecule has 13 nitrogen and oxygen atoms in total. The number of aliphatic hydroxyl groups excluding tert-OH is 1. The molecule has 3 heterocycles. The maximum Gasteiger partial charge on any atom is 0.255 e. The number of hydrogen-bond donors (Lipinski definition) is 5. The first kappa shape index (κ1) is 37.3. The number of rotatable bonds is 11. The first-order valence-electron chi connectivity index (χ1n) is 17.3. The number of amides is 4. The molecule has 0 spiro atoms. The van der Waals surface area contributed by atoms with Crippen LogP contribution in [-0.4, -0.2) is 91.6 Å². The van der Waals surface area contributed by atoms with Gasteiger partial charge in [0.05, 0.1) is 28.7 Å². The Morgan fingerprint density at radius 2 is 1.81 bits per heavy atom. The van der Waals surface area contributed by atoms with Gasteiger partial charge in [0.2, 0.25) is 11.8 Å². The van der Waals surface area contributed by atoms with Gasteiger partial charge in [-0.05, 0) is 53.8 Å². The number of carbonyl (C=O) groups excluding carboxylic acids is 4. The summed E-state index contributed by atoms with van der Waals surface area (Å²) >= 11 is 1.48. The third kappa shape index (κ3) is 7.98. The van der Waals surface area contributed by atoms with Crippen LogP contribution >= 0.6 is 11.3 Å². The lowest BCUT2D eigenvalue weighted by Crippen LogP contribution is -2.57. The molecule has 53 heavy (non-hydrogen) atoms. The molecular weight excluding hydrogens is 699 g/mol. The summed E-state index contributed by atoms with van der Waals surface area (Å²) in [4.78, 5) is 62.5. The van der Waals surface area contributed by atoms with E-state index < -0.39 is 47.1 Å². The third-order valence-electron chi connectivity index (χ3n) is 9.49. The van der Waals surface area contributed by atoms with Crippen molar-refractivity contribution < 1.29 is 39.2 Å². The molecule has 278 valence electrons. The van der Waals surface area contributed by atoms with Crippen LogP contribution in [0.25, 0.3) is 10.4 Å². The lowest BCUT2D eigenvalue weighted by Gasteiger charge is -2.40. The number of aliphatic hydroxyl groups is 1. The van der Waals surface area contributed by atoms with Gasteiger partial charge in [-0.1, -0.05) is 51.1 Å². The molecule has 1 saturated heterocycles. The van der Waals surface area contributed by atoms with E-state index in [1.807, 2.05) is 58.0 Å². The van der Waals surface area contributed by atoms with Gasteiger partial charge in [0, 0.05) is 42.7 Å². The smallest absolute Gasteiger partial charge is 0.255 e. The lowest BCUT2D eigenvalue weighted by molar-refractivity contribution is -0.145. The SMILES string of the molecule is Cc1ncsc1-c1ccc(CNC(=O)[C@@H]2C[C@@H](O)CN2C(=O)[C@@H](N2Cc3ccccc3C2=O)C(C)(C)C)c(OCCNC(=O)c2ccc(O)c(O)c2)c1. The second-order valence-electron chi connectivity index (χ2n) is 14.4. The third-order valence-corrected chi connectivity index (χ3v) is 10.5. The summed E-state index contributed by atoms with van der Waals surface area (Å²) < 4.78 is 6.13. The van der Waals surface area contributed by atoms with Crippen LogP contribution in [0.1, 0.15) is 64.7 Å². The predicted molar refractivity (Wildman–Crippen MR) is 197 cm³/mol. The molecule has 3 aromatic carbocycles. The van der Waals surface area contributed by atoms with Gasteiger partial charge in [0.15, 0.2) is 11.5 Å². The summed E-state index contributed by atoms with van der Waals surface area (Å²) in [7, 11) is 0. The Labute approximate surface area is 311 Å². The van der Waals surface area contributed by atoms with Crippen molar-refractivity contribution in [2.75, 3.05) is 19.7 Å². The molecule has 6 rings (SSSR count). The molecule has 4 amide bonds. The molecule has 0 radical (unpaired) electrons. The van der Waals surface area contributed by atoms with Crippen molar-refractivity contribution in [2.45, 2.75) is 65.4 Å². The molecule has 0 unspecified atom stereocenters. The number of aromatic hydroxyl groups is 2. The van der Waals surface area contributed by atoms with E-state index in [9.17, 15) is 34.5 Å². The average molecular weight is 742 g/mol. The van der Waals surface area contributed by atoms with E-state index in [2.05, 4.69) is 15.6 Å². The van der Waals surface area contributed by atoms with Crippen molar-refractivity contribution in [1.82, 2.24) is 25.4 Å². The van der Waals surface area contributed by atoms with Crippen molar-refractivity contribution in [3.63, 3.8) is 0 Å². The van der Waals surface area contributed by atoms with Gasteiger partial charge >= 0.3 is 0 Å². The quantitative estimate of drug-likeness (QED) is 0.112. The van der Waals surface area contributed by atoms with Crippen LogP contribution in [0.3, 0.4) is 0 Å². The number of benzene rings is 3. The number of nitrogens with zero attached hydrogens (tertiary/aromatic N) is 3. The van der Waals surface area contributed by atoms with Crippen molar-refractivity contribution in [3.05, 3.63) is 94.1 Å². The highest BCUT2D eigenvalue weighted by molar-refractivity contribution is 7.13. The molecule has 1 aromatic heterocycles. The number of β-amino-alcohol motifs (C(OH)–C–C–N with tert-alkyl or cyclic N) is 1. The lowest BCUT2D eigenvalue weighted by atomic mass is 9.84. The van der Waals surface area contributed by atoms with Gasteiger partial charge in [-0.25, -0.2) is 4.98 Å². The highest BCUT2D eigenvalue weighted by atomic mass is 32.1. The van der Waals surface area contributed by atoms with Crippen LogP contribution in [0.15, 0.2) is 66.2 Å². The van der Waals surface area contributed by atoms with Gasteiger partial charge in [-0.15, -0.1) is 11.3 Å². The molecule has 14 heteroatoms. The standard InChI is InChI=1S/C39H43N5O8S/c1-22-33(53-21-42-22)23-9-10-25(32(16-23)52-14-13-40-35(48)24-11-12-30(46)31(47)15-24)18-41-36(49)29-17-27(45)20-43(29)38(51)34(39(2,3)4)44-19-26-7-5-6-8-28(26)37(44)50/h5-12,15-16,21,27,29,34,45-47H,13-14,17-20H2,1-4H3,(H,40,48)(H,41,49)/t27-,29+,34-/m1/s1. The van der Waals surface area contributed by atoms with E-state index in [1.165, 1.54) is 34.4 Å². The van der Waals surface area contributed by atoms with Crippen molar-refractivity contribution in [1.29, 1.82) is 0 Å². The Hall–Kier alpha value is -5.47. The van der Waals surface area contributed by atoms with Crippen LogP contribution in [0.2, 0.25) is 0 Å². The second kappa shape index (κ2) is 15.2. The van der Waals surface area contributed by atoms with E-state index in [0.717, 1.165) is 21.7 Å². The molecule has 2 aliphatic rings. The van der Waals surface area contributed by atoms with Crippen molar-refractivity contribution in [3.8, 4) is 27.7 Å². The minimum absolute atomic E-state index is 0.0365. The summed E-state index contributed by atoms with van der Waals surface area (Å²) in [6.45, 7) is 8.04. The number of nitrogens with one attached hydrogen (secondary N) is 2. The van der Waals surface area contributed by atoms with Gasteiger partial charge < -0.3 is 40.5 Å². The van der Waals surface area contributed by atoms with Crippen LogP contribution < -0.4 is 15.4 Å². The summed E-state index contributed by atoms with van der Waals surface area (Å²) in [5.41, 5.74) is 5.00. The number of phenols is 2. The number of fused-ring (bicyclic) bond motifs is 1. The first-order valence-corrected chi connectivity index (χ1v) is 18.2. The Balaban J connectivity index is 1.16. The second-order valence-corrected chi connectivity index (χ2v) is 15.2. The maximum atomic E-state index is 14.3. The fourth-order valence-corrected chi connectivity index (χ4v) is 7.67. The number of likely N-dealkylation sites (tertiary alicyclic amines) is 1. The summed E-state index contributed by atoms with van der Waals surface area (Å²) in [6.07, 6.45) is -0.864. The number of thiazole rings is 1. The topological polar surface area (TPSA) is 182 Å². The number of hydrogen-bond acceptors (Lipinski definition) is 10. The van der Waals surface area contributed by atoms with Crippen LogP contribution in [0.4, 0.5) is 0 Å². The molecule has 3 atom stereocenters. The zero-order valence-electron chi connectivity index (χ0n) is 30.0. The fraction of sp³-hybridized carbons (Fsp3) is 0.359. The molecule has 5 N–H and O–H groups in total. The highest BCUT2D eigenvalue weighted by Crippen LogP contribution is 2.36. The molecule has 0 aliphatic carbocycles. The summed E-state index contributed by atoms with van der Waals surface area (Å²) in [6, 6.07) is 14.8. The number of phenolic OH excluding ortho intramolecular Hbond substituents is 2. The summed E-state index contributed by atoms with van der Waals surface area (Å²) in [5, 5.41) is 35.7. The zero-order valence-corrected chi connectivity index (χ0v) is 30.8. The Kier molecular flexibility index (Phi) is 10.7. The van der Waals surface area contributed by atoms with Crippen molar-refractivity contribution in [2.24, 2.45) is 5.41 Å². The average Bonchev–Trinajstić information content (AvgIpc) is 3.83. The van der Waals surface area contributed by atoms with E-state index in [1.54, 1.807) is 22.5 Å². The highest BCUT2D eigenvalue weighted by Gasteiger charge is 2.48. The first-order chi connectivity index (χ1) is 25.2. The van der Waals surface area contributed by atoms with E-state index in [4.69, 9.17) is 4.74 Å². The minimum atomic E-state index is -0.958. The Morgan fingerprint density at radius 3 is 2.51 bits per heavy atom. The van der Waals surface area contributed by atoms with E-state index >= 15 is 0 Å². The molecule has 0 bridgehead atoms. The molecule has 4 aromatic rings. The van der Waals surface area contributed by atoms with Gasteiger partial charge in [-0.2, -0.15) is 0 Å². The number of carbonyl (C=O) groups is 4. The molecular formula is C39H43N5O8S. The minimum Gasteiger partial charge on any atom is -0.504 e. The van der Waals surface area contributed by atoms with Crippen LogP contribution in [-0.2, 0) is 22.7 Å². The number of ether oxygens (including phenoxy) is 1. The largest absolute Gasteiger partial charge is 0.504 e. The number of aryl methyl sites for hydroxylation is 1. The predicted octanol–water partition coefficient (Wildman–Crippen LogP) is 3.99. The normalized spacial score (nSPS) is 17.4. The van der Waals surface area contributed by atoms with Gasteiger partial charge in [0.25, 0.3) is 11.8 Å².